The molecule has 1 aliphatic rings. The summed E-state index contributed by atoms with van der Waals surface area (Å²) in [5.74, 6) is 0.946. The molecule has 0 unspecified atom stereocenters. The van der Waals surface area contributed by atoms with Crippen molar-refractivity contribution in [3.05, 3.63) is 35.3 Å². The maximum Gasteiger partial charge on any atom is 0.159 e. The summed E-state index contributed by atoms with van der Waals surface area (Å²) in [7, 11) is 0. The maximum absolute atomic E-state index is 9.51. The quantitative estimate of drug-likeness (QED) is 0.683. The number of hydrogen-bond donors (Lipinski definition) is 1. The standard InChI is InChI=1S/C10H14O2/c1-3-12-10-8(2)6-4-5-7-9(10)11/h4-6,11H,3,7H2,1-2H3. The highest BCUT2D eigenvalue weighted by atomic mass is 16.5. The molecule has 0 heterocycles. The largest absolute Gasteiger partial charge is 0.508 e. The lowest BCUT2D eigenvalue weighted by Gasteiger charge is -2.09. The van der Waals surface area contributed by atoms with Crippen molar-refractivity contribution in [3.8, 4) is 0 Å². The van der Waals surface area contributed by atoms with Crippen molar-refractivity contribution in [1.82, 2.24) is 0 Å². The summed E-state index contributed by atoms with van der Waals surface area (Å²) >= 11 is 0. The van der Waals surface area contributed by atoms with Crippen LogP contribution >= 0.6 is 0 Å². The van der Waals surface area contributed by atoms with Gasteiger partial charge in [0.05, 0.1) is 6.61 Å². The van der Waals surface area contributed by atoms with Crippen molar-refractivity contribution in [3.63, 3.8) is 0 Å². The van der Waals surface area contributed by atoms with Gasteiger partial charge in [-0.25, -0.2) is 0 Å². The molecule has 1 rings (SSSR count). The van der Waals surface area contributed by atoms with E-state index < -0.39 is 0 Å². The van der Waals surface area contributed by atoms with Crippen LogP contribution in [0.3, 0.4) is 0 Å². The van der Waals surface area contributed by atoms with Crippen molar-refractivity contribution in [2.24, 2.45) is 0 Å². The normalized spacial score (nSPS) is 17.3. The number of rotatable bonds is 2. The van der Waals surface area contributed by atoms with Crippen molar-refractivity contribution >= 4 is 0 Å². The second-order valence-electron chi connectivity index (χ2n) is 2.69. The van der Waals surface area contributed by atoms with Crippen LogP contribution in [0, 0.1) is 0 Å². The van der Waals surface area contributed by atoms with Gasteiger partial charge in [-0.3, -0.25) is 0 Å². The predicted octanol–water partition coefficient (Wildman–Crippen LogP) is 2.70. The van der Waals surface area contributed by atoms with E-state index in [1.807, 2.05) is 32.1 Å². The molecule has 0 saturated carbocycles. The van der Waals surface area contributed by atoms with E-state index in [1.54, 1.807) is 0 Å². The fraction of sp³-hybridized carbons (Fsp3) is 0.400. The van der Waals surface area contributed by atoms with Gasteiger partial charge in [0.15, 0.2) is 5.76 Å². The Balaban J connectivity index is 2.89. The first-order valence-corrected chi connectivity index (χ1v) is 4.14. The van der Waals surface area contributed by atoms with Crippen LogP contribution in [-0.4, -0.2) is 11.7 Å². The number of aliphatic hydroxyl groups is 1. The zero-order valence-electron chi connectivity index (χ0n) is 7.50. The summed E-state index contributed by atoms with van der Waals surface area (Å²) in [6, 6.07) is 0. The minimum Gasteiger partial charge on any atom is -0.508 e. The third-order valence-corrected chi connectivity index (χ3v) is 1.70. The van der Waals surface area contributed by atoms with Crippen LogP contribution in [0.5, 0.6) is 0 Å². The molecule has 0 saturated heterocycles. The molecule has 0 aromatic rings. The van der Waals surface area contributed by atoms with Gasteiger partial charge in [-0.05, 0) is 19.4 Å². The lowest BCUT2D eigenvalue weighted by Crippen LogP contribution is -1.97. The third kappa shape index (κ3) is 1.91. The molecule has 0 spiro atoms. The van der Waals surface area contributed by atoms with Crippen LogP contribution in [0.1, 0.15) is 20.3 Å². The monoisotopic (exact) mass is 166 g/mol. The van der Waals surface area contributed by atoms with Gasteiger partial charge in [0, 0.05) is 6.42 Å². The molecule has 0 bridgehead atoms. The molecule has 2 heteroatoms. The second-order valence-corrected chi connectivity index (χ2v) is 2.69. The van der Waals surface area contributed by atoms with E-state index in [4.69, 9.17) is 4.74 Å². The Labute approximate surface area is 72.9 Å². The van der Waals surface area contributed by atoms with Crippen LogP contribution in [0.25, 0.3) is 0 Å². The SMILES string of the molecule is CCOC1=C(O)CC=CC=C1C. The zero-order valence-corrected chi connectivity index (χ0v) is 7.50. The van der Waals surface area contributed by atoms with E-state index in [1.165, 1.54) is 0 Å². The number of ether oxygens (including phenoxy) is 1. The van der Waals surface area contributed by atoms with Crippen molar-refractivity contribution in [2.75, 3.05) is 6.61 Å². The third-order valence-electron chi connectivity index (χ3n) is 1.70. The lowest BCUT2D eigenvalue weighted by atomic mass is 10.2. The van der Waals surface area contributed by atoms with Crippen molar-refractivity contribution in [1.29, 1.82) is 0 Å². The van der Waals surface area contributed by atoms with E-state index in [2.05, 4.69) is 0 Å². The summed E-state index contributed by atoms with van der Waals surface area (Å²) in [4.78, 5) is 0. The first kappa shape index (κ1) is 8.91. The fourth-order valence-electron chi connectivity index (χ4n) is 1.13. The Morgan fingerprint density at radius 1 is 1.58 bits per heavy atom. The Hall–Kier alpha value is -1.18. The smallest absolute Gasteiger partial charge is 0.159 e. The topological polar surface area (TPSA) is 29.5 Å². The molecule has 2 nitrogen and oxygen atoms in total. The summed E-state index contributed by atoms with van der Waals surface area (Å²) in [5.41, 5.74) is 0.975. The summed E-state index contributed by atoms with van der Waals surface area (Å²) in [5, 5.41) is 9.51. The van der Waals surface area contributed by atoms with Gasteiger partial charge < -0.3 is 9.84 Å². The van der Waals surface area contributed by atoms with Gasteiger partial charge in [0.25, 0.3) is 0 Å². The first-order valence-electron chi connectivity index (χ1n) is 4.14. The number of aliphatic hydroxyl groups excluding tert-OH is 1. The van der Waals surface area contributed by atoms with E-state index in [0.717, 1.165) is 5.57 Å². The highest BCUT2D eigenvalue weighted by molar-refractivity contribution is 5.33. The molecule has 0 radical (unpaired) electrons. The highest BCUT2D eigenvalue weighted by Crippen LogP contribution is 2.19. The minimum absolute atomic E-state index is 0.319. The summed E-state index contributed by atoms with van der Waals surface area (Å²) in [6.45, 7) is 4.42. The summed E-state index contributed by atoms with van der Waals surface area (Å²) in [6.07, 6.45) is 6.33. The molecule has 0 atom stereocenters. The predicted molar refractivity (Wildman–Crippen MR) is 48.8 cm³/mol. The van der Waals surface area contributed by atoms with Gasteiger partial charge in [-0.15, -0.1) is 0 Å². The van der Waals surface area contributed by atoms with Crippen LogP contribution in [0.15, 0.2) is 35.3 Å². The van der Waals surface area contributed by atoms with Gasteiger partial charge >= 0.3 is 0 Å². The Morgan fingerprint density at radius 3 is 3.00 bits per heavy atom. The first-order chi connectivity index (χ1) is 5.75. The summed E-state index contributed by atoms with van der Waals surface area (Å²) < 4.78 is 5.31. The molecule has 0 aliphatic heterocycles. The van der Waals surface area contributed by atoms with Gasteiger partial charge in [0.1, 0.15) is 5.76 Å². The van der Waals surface area contributed by atoms with Crippen molar-refractivity contribution < 1.29 is 9.84 Å². The number of allylic oxidation sites excluding steroid dienone is 4. The Kier molecular flexibility index (Phi) is 2.97. The second kappa shape index (κ2) is 4.00. The number of hydrogen-bond acceptors (Lipinski definition) is 2. The molecule has 1 aliphatic carbocycles. The minimum atomic E-state index is 0.319. The van der Waals surface area contributed by atoms with E-state index in [-0.39, 0.29) is 0 Å². The lowest BCUT2D eigenvalue weighted by molar-refractivity contribution is 0.211. The average Bonchev–Trinajstić information content (AvgIpc) is 2.19. The molecule has 0 fully saturated rings. The van der Waals surface area contributed by atoms with Crippen molar-refractivity contribution in [2.45, 2.75) is 20.3 Å². The highest BCUT2D eigenvalue weighted by Gasteiger charge is 2.08. The molecular weight excluding hydrogens is 152 g/mol. The van der Waals surface area contributed by atoms with Crippen LogP contribution in [0.2, 0.25) is 0 Å². The molecule has 66 valence electrons. The molecule has 0 amide bonds. The average molecular weight is 166 g/mol. The molecular formula is C10H14O2. The molecule has 0 aromatic heterocycles. The van der Waals surface area contributed by atoms with Gasteiger partial charge in [-0.2, -0.15) is 0 Å². The maximum atomic E-state index is 9.51. The van der Waals surface area contributed by atoms with E-state index in [0.29, 0.717) is 24.5 Å². The fourth-order valence-corrected chi connectivity index (χ4v) is 1.13. The molecule has 12 heavy (non-hydrogen) atoms. The van der Waals surface area contributed by atoms with E-state index in [9.17, 15) is 5.11 Å². The van der Waals surface area contributed by atoms with Gasteiger partial charge in [-0.1, -0.05) is 18.2 Å². The Morgan fingerprint density at radius 2 is 2.33 bits per heavy atom. The van der Waals surface area contributed by atoms with Crippen LogP contribution in [0.4, 0.5) is 0 Å². The van der Waals surface area contributed by atoms with E-state index >= 15 is 0 Å². The van der Waals surface area contributed by atoms with Crippen LogP contribution < -0.4 is 0 Å². The molecule has 0 aromatic carbocycles. The van der Waals surface area contributed by atoms with Gasteiger partial charge in [0.2, 0.25) is 0 Å². The molecule has 1 N–H and O–H groups in total. The zero-order chi connectivity index (χ0) is 8.97. The Bertz CT molecular complexity index is 247. The van der Waals surface area contributed by atoms with Crippen LogP contribution in [-0.2, 0) is 4.74 Å².